The molecule has 1 heterocycles. The van der Waals surface area contributed by atoms with Gasteiger partial charge in [0.15, 0.2) is 0 Å². The largest absolute Gasteiger partial charge is 0.313 e. The summed E-state index contributed by atoms with van der Waals surface area (Å²) in [6.07, 6.45) is 2.07. The van der Waals surface area contributed by atoms with Crippen molar-refractivity contribution in [2.75, 3.05) is 12.8 Å². The summed E-state index contributed by atoms with van der Waals surface area (Å²) in [4.78, 5) is 0. The first-order valence-corrected chi connectivity index (χ1v) is 5.57. The highest BCUT2D eigenvalue weighted by molar-refractivity contribution is 7.88. The lowest BCUT2D eigenvalue weighted by Crippen LogP contribution is -2.35. The van der Waals surface area contributed by atoms with Gasteiger partial charge in [-0.15, -0.1) is 0 Å². The molecule has 5 heteroatoms. The van der Waals surface area contributed by atoms with E-state index >= 15 is 0 Å². The molecule has 1 aliphatic heterocycles. The predicted molar refractivity (Wildman–Crippen MR) is 43.8 cm³/mol. The first-order valence-electron chi connectivity index (χ1n) is 3.68. The zero-order valence-electron chi connectivity index (χ0n) is 6.79. The molecule has 0 aliphatic carbocycles. The third-order valence-corrected chi connectivity index (χ3v) is 2.49. The Balaban J connectivity index is 2.41. The van der Waals surface area contributed by atoms with Gasteiger partial charge in [0.25, 0.3) is 0 Å². The summed E-state index contributed by atoms with van der Waals surface area (Å²) in [5.41, 5.74) is 0. The Morgan fingerprint density at radius 2 is 2.18 bits per heavy atom. The Morgan fingerprint density at radius 3 is 2.55 bits per heavy atom. The molecule has 1 aliphatic rings. The van der Waals surface area contributed by atoms with Gasteiger partial charge in [-0.3, -0.25) is 0 Å². The molecule has 2 N–H and O–H groups in total. The average Bonchev–Trinajstić information content (AvgIpc) is 2.10. The van der Waals surface area contributed by atoms with Crippen LogP contribution >= 0.6 is 0 Å². The lowest BCUT2D eigenvalue weighted by atomic mass is 10.2. The average molecular weight is 178 g/mol. The van der Waals surface area contributed by atoms with Crippen LogP contribution in [0.4, 0.5) is 0 Å². The number of rotatable bonds is 2. The minimum Gasteiger partial charge on any atom is -0.313 e. The minimum atomic E-state index is -3.02. The monoisotopic (exact) mass is 178 g/mol. The standard InChI is InChI=1S/C6H14N2O2S/c1-5-3-6(4-7-5)8-11(2,9)10/h5-8H,3-4H2,1-2H3/t5-,6+/m1/s1. The van der Waals surface area contributed by atoms with Crippen LogP contribution in [0.15, 0.2) is 0 Å². The third kappa shape index (κ3) is 3.18. The summed E-state index contributed by atoms with van der Waals surface area (Å²) in [5.74, 6) is 0. The Kier molecular flexibility index (Phi) is 2.51. The van der Waals surface area contributed by atoms with Crippen molar-refractivity contribution in [2.24, 2.45) is 0 Å². The van der Waals surface area contributed by atoms with Crippen molar-refractivity contribution < 1.29 is 8.42 Å². The van der Waals surface area contributed by atoms with Crippen molar-refractivity contribution in [3.05, 3.63) is 0 Å². The lowest BCUT2D eigenvalue weighted by Gasteiger charge is -2.07. The van der Waals surface area contributed by atoms with Crippen LogP contribution in [-0.4, -0.2) is 33.3 Å². The third-order valence-electron chi connectivity index (χ3n) is 1.73. The van der Waals surface area contributed by atoms with Crippen LogP contribution in [0.1, 0.15) is 13.3 Å². The molecule has 0 saturated carbocycles. The second-order valence-electron chi connectivity index (χ2n) is 3.13. The molecule has 0 radical (unpaired) electrons. The number of nitrogens with one attached hydrogen (secondary N) is 2. The lowest BCUT2D eigenvalue weighted by molar-refractivity contribution is 0.563. The van der Waals surface area contributed by atoms with Gasteiger partial charge >= 0.3 is 0 Å². The van der Waals surface area contributed by atoms with E-state index in [1.165, 1.54) is 6.26 Å². The highest BCUT2D eigenvalue weighted by Crippen LogP contribution is 2.05. The van der Waals surface area contributed by atoms with Crippen molar-refractivity contribution in [3.8, 4) is 0 Å². The predicted octanol–water partition coefficient (Wildman–Crippen LogP) is -0.714. The molecule has 0 unspecified atom stereocenters. The van der Waals surface area contributed by atoms with E-state index in [4.69, 9.17) is 0 Å². The molecule has 0 aromatic heterocycles. The summed E-state index contributed by atoms with van der Waals surface area (Å²) in [7, 11) is -3.02. The van der Waals surface area contributed by atoms with Crippen molar-refractivity contribution in [1.29, 1.82) is 0 Å². The van der Waals surface area contributed by atoms with E-state index in [-0.39, 0.29) is 6.04 Å². The number of hydrogen-bond acceptors (Lipinski definition) is 3. The zero-order valence-corrected chi connectivity index (χ0v) is 7.61. The minimum absolute atomic E-state index is 0.0833. The van der Waals surface area contributed by atoms with Gasteiger partial charge < -0.3 is 5.32 Å². The van der Waals surface area contributed by atoms with Gasteiger partial charge in [-0.2, -0.15) is 0 Å². The van der Waals surface area contributed by atoms with Gasteiger partial charge in [0.1, 0.15) is 0 Å². The molecule has 1 rings (SSSR count). The van der Waals surface area contributed by atoms with E-state index in [0.717, 1.165) is 13.0 Å². The Bertz CT molecular complexity index is 225. The van der Waals surface area contributed by atoms with Gasteiger partial charge in [0.05, 0.1) is 6.26 Å². The Labute approximate surface area is 67.4 Å². The molecule has 0 aromatic carbocycles. The van der Waals surface area contributed by atoms with Crippen LogP contribution in [0.3, 0.4) is 0 Å². The van der Waals surface area contributed by atoms with Crippen LogP contribution in [0.2, 0.25) is 0 Å². The maximum absolute atomic E-state index is 10.8. The highest BCUT2D eigenvalue weighted by Gasteiger charge is 2.22. The summed E-state index contributed by atoms with van der Waals surface area (Å²) in [6.45, 7) is 2.79. The maximum atomic E-state index is 10.8. The molecule has 66 valence electrons. The number of sulfonamides is 1. The normalized spacial score (nSPS) is 32.5. The number of hydrogen-bond donors (Lipinski definition) is 2. The fraction of sp³-hybridized carbons (Fsp3) is 1.00. The molecular formula is C6H14N2O2S. The van der Waals surface area contributed by atoms with Crippen molar-refractivity contribution in [3.63, 3.8) is 0 Å². The smallest absolute Gasteiger partial charge is 0.208 e. The topological polar surface area (TPSA) is 58.2 Å². The molecule has 1 fully saturated rings. The Hall–Kier alpha value is -0.130. The molecule has 0 aromatic rings. The molecule has 2 atom stereocenters. The van der Waals surface area contributed by atoms with E-state index in [1.54, 1.807) is 0 Å². The molecule has 0 amide bonds. The van der Waals surface area contributed by atoms with E-state index in [2.05, 4.69) is 10.0 Å². The summed E-state index contributed by atoms with van der Waals surface area (Å²) >= 11 is 0. The second kappa shape index (κ2) is 3.08. The second-order valence-corrected chi connectivity index (χ2v) is 4.91. The zero-order chi connectivity index (χ0) is 8.48. The van der Waals surface area contributed by atoms with E-state index < -0.39 is 10.0 Å². The highest BCUT2D eigenvalue weighted by atomic mass is 32.2. The maximum Gasteiger partial charge on any atom is 0.208 e. The summed E-state index contributed by atoms with van der Waals surface area (Å²) < 4.78 is 24.1. The van der Waals surface area contributed by atoms with Gasteiger partial charge in [0, 0.05) is 18.6 Å². The van der Waals surface area contributed by atoms with Crippen molar-refractivity contribution >= 4 is 10.0 Å². The van der Waals surface area contributed by atoms with Crippen LogP contribution in [0.5, 0.6) is 0 Å². The quantitative estimate of drug-likeness (QED) is 0.587. The molecule has 0 spiro atoms. The van der Waals surface area contributed by atoms with E-state index in [0.29, 0.717) is 6.04 Å². The van der Waals surface area contributed by atoms with Gasteiger partial charge in [-0.1, -0.05) is 0 Å². The van der Waals surface area contributed by atoms with E-state index in [9.17, 15) is 8.42 Å². The first-order chi connectivity index (χ1) is 4.97. The molecule has 1 saturated heterocycles. The summed E-state index contributed by atoms with van der Waals surface area (Å²) in [5, 5.41) is 3.17. The SMILES string of the molecule is C[C@@H]1C[C@H](NS(C)(=O)=O)CN1. The van der Waals surface area contributed by atoms with Crippen molar-refractivity contribution in [2.45, 2.75) is 25.4 Å². The molecule has 11 heavy (non-hydrogen) atoms. The van der Waals surface area contributed by atoms with Crippen LogP contribution in [0, 0.1) is 0 Å². The van der Waals surface area contributed by atoms with Crippen molar-refractivity contribution in [1.82, 2.24) is 10.0 Å². The van der Waals surface area contributed by atoms with Crippen LogP contribution < -0.4 is 10.0 Å². The molecular weight excluding hydrogens is 164 g/mol. The van der Waals surface area contributed by atoms with E-state index in [1.807, 2.05) is 6.92 Å². The van der Waals surface area contributed by atoms with Gasteiger partial charge in [-0.25, -0.2) is 13.1 Å². The van der Waals surface area contributed by atoms with Gasteiger partial charge in [-0.05, 0) is 13.3 Å². The van der Waals surface area contributed by atoms with Gasteiger partial charge in [0.2, 0.25) is 10.0 Å². The van der Waals surface area contributed by atoms with Crippen LogP contribution in [-0.2, 0) is 10.0 Å². The van der Waals surface area contributed by atoms with Crippen LogP contribution in [0.25, 0.3) is 0 Å². The first kappa shape index (κ1) is 8.96. The molecule has 4 nitrogen and oxygen atoms in total. The fourth-order valence-electron chi connectivity index (χ4n) is 1.33. The molecule has 0 bridgehead atoms. The summed E-state index contributed by atoms with van der Waals surface area (Å²) in [6, 6.07) is 0.509. The fourth-order valence-corrected chi connectivity index (χ4v) is 2.11. The Morgan fingerprint density at radius 1 is 1.55 bits per heavy atom.